The number of nitrogens with one attached hydrogen (secondary N) is 1. The summed E-state index contributed by atoms with van der Waals surface area (Å²) >= 11 is 0. The van der Waals surface area contributed by atoms with Gasteiger partial charge in [-0.1, -0.05) is 23.4 Å². The Morgan fingerprint density at radius 3 is 2.56 bits per heavy atom. The highest BCUT2D eigenvalue weighted by Crippen LogP contribution is 2.10. The van der Waals surface area contributed by atoms with E-state index in [0.717, 1.165) is 10.6 Å². The minimum atomic E-state index is -1.15. The number of para-hydroxylation sites is 1. The lowest BCUT2D eigenvalue weighted by atomic mass is 10.2. The van der Waals surface area contributed by atoms with E-state index in [1.807, 2.05) is 18.2 Å². The maximum absolute atomic E-state index is 12.6. The Morgan fingerprint density at radius 2 is 1.96 bits per heavy atom. The first-order chi connectivity index (χ1) is 11.9. The smallest absolute Gasteiger partial charge is 0.326 e. The number of hydrogen-bond donors (Lipinski definition) is 2. The number of carboxylic acids is 1. The van der Waals surface area contributed by atoms with Crippen molar-refractivity contribution >= 4 is 17.8 Å². The van der Waals surface area contributed by atoms with Crippen LogP contribution in [0.1, 0.15) is 24.3 Å². The number of carbonyl (C=O) groups is 3. The van der Waals surface area contributed by atoms with Gasteiger partial charge in [-0.05, 0) is 19.1 Å². The van der Waals surface area contributed by atoms with E-state index in [1.165, 1.54) is 24.7 Å². The highest BCUT2D eigenvalue weighted by Gasteiger charge is 2.28. The Labute approximate surface area is 144 Å². The third-order valence-corrected chi connectivity index (χ3v) is 3.55. The zero-order valence-corrected chi connectivity index (χ0v) is 13.9. The summed E-state index contributed by atoms with van der Waals surface area (Å²) in [4.78, 5) is 36.0. The van der Waals surface area contributed by atoms with E-state index in [0.29, 0.717) is 0 Å². The largest absolute Gasteiger partial charge is 0.480 e. The Bertz CT molecular complexity index is 759. The maximum Gasteiger partial charge on any atom is 0.326 e. The highest BCUT2D eigenvalue weighted by molar-refractivity contribution is 5.94. The van der Waals surface area contributed by atoms with Gasteiger partial charge >= 0.3 is 5.97 Å². The molecule has 25 heavy (non-hydrogen) atoms. The molecule has 0 aliphatic heterocycles. The summed E-state index contributed by atoms with van der Waals surface area (Å²) in [6.45, 7) is 2.93. The Kier molecular flexibility index (Phi) is 5.83. The van der Waals surface area contributed by atoms with Gasteiger partial charge in [-0.25, -0.2) is 9.48 Å². The van der Waals surface area contributed by atoms with Gasteiger partial charge in [-0.3, -0.25) is 9.59 Å². The number of aliphatic carboxylic acids is 1. The molecule has 9 nitrogen and oxygen atoms in total. The van der Waals surface area contributed by atoms with Crippen LogP contribution in [0.2, 0.25) is 0 Å². The van der Waals surface area contributed by atoms with Gasteiger partial charge in [0, 0.05) is 20.0 Å². The Hall–Kier alpha value is -3.23. The van der Waals surface area contributed by atoms with Gasteiger partial charge in [-0.15, -0.1) is 5.10 Å². The van der Waals surface area contributed by atoms with E-state index in [4.69, 9.17) is 0 Å². The first kappa shape index (κ1) is 18.1. The Morgan fingerprint density at radius 1 is 1.28 bits per heavy atom. The zero-order chi connectivity index (χ0) is 18.4. The fourth-order valence-corrected chi connectivity index (χ4v) is 2.17. The van der Waals surface area contributed by atoms with Gasteiger partial charge in [-0.2, -0.15) is 0 Å². The first-order valence-corrected chi connectivity index (χ1v) is 7.66. The van der Waals surface area contributed by atoms with Crippen molar-refractivity contribution in [3.8, 4) is 5.69 Å². The molecule has 0 fully saturated rings. The number of hydrogen-bond acceptors (Lipinski definition) is 5. The van der Waals surface area contributed by atoms with Crippen LogP contribution in [0.5, 0.6) is 0 Å². The molecule has 0 aliphatic rings. The molecule has 1 aromatic carbocycles. The molecule has 1 unspecified atom stereocenters. The van der Waals surface area contributed by atoms with Crippen molar-refractivity contribution in [2.24, 2.45) is 0 Å². The van der Waals surface area contributed by atoms with Crippen molar-refractivity contribution in [1.29, 1.82) is 0 Å². The van der Waals surface area contributed by atoms with Crippen LogP contribution in [0.3, 0.4) is 0 Å². The van der Waals surface area contributed by atoms with E-state index >= 15 is 0 Å². The summed E-state index contributed by atoms with van der Waals surface area (Å²) in [6.07, 6.45) is 1.44. The van der Waals surface area contributed by atoms with Crippen LogP contribution in [0.15, 0.2) is 36.5 Å². The third kappa shape index (κ3) is 4.63. The van der Waals surface area contributed by atoms with E-state index in [9.17, 15) is 19.5 Å². The van der Waals surface area contributed by atoms with E-state index in [2.05, 4.69) is 15.6 Å². The van der Waals surface area contributed by atoms with Gasteiger partial charge in [0.1, 0.15) is 6.04 Å². The lowest BCUT2D eigenvalue weighted by Crippen LogP contribution is -2.46. The molecular formula is C16H19N5O4. The van der Waals surface area contributed by atoms with E-state index in [1.54, 1.807) is 12.1 Å². The molecular weight excluding hydrogens is 326 g/mol. The van der Waals surface area contributed by atoms with Gasteiger partial charge in [0.15, 0.2) is 5.69 Å². The van der Waals surface area contributed by atoms with Crippen LogP contribution in [-0.2, 0) is 9.59 Å². The van der Waals surface area contributed by atoms with Crippen LogP contribution in [-0.4, -0.2) is 61.9 Å². The number of benzene rings is 1. The second-order valence-corrected chi connectivity index (χ2v) is 5.38. The molecule has 2 amide bonds. The standard InChI is InChI=1S/C16H19N5O4/c1-11(16(24)25)20(9-8-17-12(2)22)15(23)14-10-21(19-18-14)13-6-4-3-5-7-13/h3-7,10-11H,8-9H2,1-2H3,(H,17,22)(H,24,25). The molecule has 132 valence electrons. The van der Waals surface area contributed by atoms with Crippen molar-refractivity contribution in [2.45, 2.75) is 19.9 Å². The second kappa shape index (κ2) is 8.04. The van der Waals surface area contributed by atoms with E-state index < -0.39 is 17.9 Å². The van der Waals surface area contributed by atoms with Crippen molar-refractivity contribution in [3.63, 3.8) is 0 Å². The molecule has 2 rings (SSSR count). The molecule has 9 heteroatoms. The molecule has 1 aromatic heterocycles. The quantitative estimate of drug-likeness (QED) is 0.746. The molecule has 0 spiro atoms. The van der Waals surface area contributed by atoms with Gasteiger partial charge in [0.05, 0.1) is 11.9 Å². The van der Waals surface area contributed by atoms with Crippen LogP contribution in [0, 0.1) is 0 Å². The van der Waals surface area contributed by atoms with Crippen LogP contribution < -0.4 is 5.32 Å². The summed E-state index contributed by atoms with van der Waals surface area (Å²) in [5, 5.41) is 19.5. The first-order valence-electron chi connectivity index (χ1n) is 7.66. The third-order valence-electron chi connectivity index (χ3n) is 3.55. The zero-order valence-electron chi connectivity index (χ0n) is 13.9. The topological polar surface area (TPSA) is 117 Å². The van der Waals surface area contributed by atoms with Crippen molar-refractivity contribution < 1.29 is 19.5 Å². The summed E-state index contributed by atoms with van der Waals surface area (Å²) in [6, 6.07) is 8.04. The average Bonchev–Trinajstić information content (AvgIpc) is 3.08. The lowest BCUT2D eigenvalue weighted by molar-refractivity contribution is -0.141. The molecule has 1 heterocycles. The minimum Gasteiger partial charge on any atom is -0.480 e. The SMILES string of the molecule is CC(=O)NCCN(C(=O)c1cn(-c2ccccc2)nn1)C(C)C(=O)O. The van der Waals surface area contributed by atoms with Crippen molar-refractivity contribution in [1.82, 2.24) is 25.2 Å². The van der Waals surface area contributed by atoms with Crippen molar-refractivity contribution in [3.05, 3.63) is 42.2 Å². The highest BCUT2D eigenvalue weighted by atomic mass is 16.4. The number of carboxylic acid groups (broad SMARTS) is 1. The molecule has 2 N–H and O–H groups in total. The number of aromatic nitrogens is 3. The van der Waals surface area contributed by atoms with Gasteiger partial charge in [0.2, 0.25) is 5.91 Å². The fourth-order valence-electron chi connectivity index (χ4n) is 2.17. The van der Waals surface area contributed by atoms with Gasteiger partial charge in [0.25, 0.3) is 5.91 Å². The molecule has 0 radical (unpaired) electrons. The van der Waals surface area contributed by atoms with Crippen LogP contribution in [0.4, 0.5) is 0 Å². The molecule has 2 aromatic rings. The summed E-state index contributed by atoms with van der Waals surface area (Å²) in [7, 11) is 0. The number of carbonyl (C=O) groups excluding carboxylic acids is 2. The Balaban J connectivity index is 2.19. The van der Waals surface area contributed by atoms with Crippen molar-refractivity contribution in [2.75, 3.05) is 13.1 Å². The molecule has 0 bridgehead atoms. The minimum absolute atomic E-state index is 0.0276. The molecule has 0 saturated carbocycles. The van der Waals surface area contributed by atoms with Crippen LogP contribution >= 0.6 is 0 Å². The number of nitrogens with zero attached hydrogens (tertiary/aromatic N) is 4. The summed E-state index contributed by atoms with van der Waals surface area (Å²) in [5.74, 6) is -1.97. The summed E-state index contributed by atoms with van der Waals surface area (Å²) in [5.41, 5.74) is 0.755. The predicted octanol–water partition coefficient (Wildman–Crippen LogP) is 0.319. The predicted molar refractivity (Wildman–Crippen MR) is 88.2 cm³/mol. The molecule has 0 saturated heterocycles. The van der Waals surface area contributed by atoms with Gasteiger partial charge < -0.3 is 15.3 Å². The summed E-state index contributed by atoms with van der Waals surface area (Å²) < 4.78 is 1.44. The monoisotopic (exact) mass is 345 g/mol. The normalized spacial score (nSPS) is 11.6. The van der Waals surface area contributed by atoms with E-state index in [-0.39, 0.29) is 24.7 Å². The second-order valence-electron chi connectivity index (χ2n) is 5.38. The number of rotatable bonds is 7. The number of amides is 2. The van der Waals surface area contributed by atoms with Crippen LogP contribution in [0.25, 0.3) is 5.69 Å². The fraction of sp³-hybridized carbons (Fsp3) is 0.312. The maximum atomic E-state index is 12.6. The molecule has 1 atom stereocenters. The lowest BCUT2D eigenvalue weighted by Gasteiger charge is -2.25. The average molecular weight is 345 g/mol. The molecule has 0 aliphatic carbocycles.